The normalized spacial score (nSPS) is 30.8. The first-order valence-corrected chi connectivity index (χ1v) is 7.44. The Labute approximate surface area is 122 Å². The number of nitrogens with zero attached hydrogens (tertiary/aromatic N) is 3. The quantitative estimate of drug-likeness (QED) is 0.563. The Morgan fingerprint density at radius 1 is 1.33 bits per heavy atom. The topological polar surface area (TPSA) is 134 Å². The Bertz CT molecular complexity index is 501. The number of aliphatic hydroxyl groups is 1. The van der Waals surface area contributed by atoms with E-state index in [9.17, 15) is 9.90 Å². The molecular weight excluding hydrogens is 272 g/mol. The zero-order valence-corrected chi connectivity index (χ0v) is 11.9. The molecule has 0 spiro atoms. The van der Waals surface area contributed by atoms with E-state index in [0.717, 1.165) is 18.7 Å². The Morgan fingerprint density at radius 2 is 2.05 bits per heavy atom. The molecular formula is C13H22N6O2. The van der Waals surface area contributed by atoms with Crippen molar-refractivity contribution in [2.24, 2.45) is 11.7 Å². The fourth-order valence-corrected chi connectivity index (χ4v) is 3.35. The van der Waals surface area contributed by atoms with Crippen LogP contribution < -0.4 is 11.5 Å². The molecule has 6 N–H and O–H groups in total. The number of carbonyl (C=O) groups is 1. The molecule has 8 nitrogen and oxygen atoms in total. The van der Waals surface area contributed by atoms with E-state index in [1.54, 1.807) is 0 Å². The van der Waals surface area contributed by atoms with E-state index in [4.69, 9.17) is 11.5 Å². The number of rotatable bonds is 2. The van der Waals surface area contributed by atoms with Crippen molar-refractivity contribution in [3.63, 3.8) is 0 Å². The number of nitrogens with two attached hydrogens (primary N) is 2. The second kappa shape index (κ2) is 5.61. The van der Waals surface area contributed by atoms with Crippen molar-refractivity contribution in [2.45, 2.75) is 43.7 Å². The van der Waals surface area contributed by atoms with E-state index >= 15 is 0 Å². The summed E-state index contributed by atoms with van der Waals surface area (Å²) in [6.07, 6.45) is 2.22. The summed E-state index contributed by atoms with van der Waals surface area (Å²) in [6.45, 7) is 1.40. The van der Waals surface area contributed by atoms with Crippen molar-refractivity contribution in [3.05, 3.63) is 5.82 Å². The molecule has 1 saturated heterocycles. The van der Waals surface area contributed by atoms with Crippen LogP contribution in [0.5, 0.6) is 0 Å². The standard InChI is InChI=1S/C13H22N6O2/c14-9-5-8(6-10(9)20)12(21)19-3-1-7(2-4-19)11-16-13(15)18-17-11/h7-10,20H,1-6,14H2,(H3,15,16,17,18)/t8-,9+,10+/m0/s1. The van der Waals surface area contributed by atoms with Gasteiger partial charge in [0.15, 0.2) is 0 Å². The summed E-state index contributed by atoms with van der Waals surface area (Å²) in [6, 6.07) is -0.270. The summed E-state index contributed by atoms with van der Waals surface area (Å²) in [5.41, 5.74) is 11.3. The molecule has 1 amide bonds. The van der Waals surface area contributed by atoms with Gasteiger partial charge in [-0.25, -0.2) is 0 Å². The minimum atomic E-state index is -0.548. The van der Waals surface area contributed by atoms with Crippen molar-refractivity contribution < 1.29 is 9.90 Å². The molecule has 3 rings (SSSR count). The summed E-state index contributed by atoms with van der Waals surface area (Å²) in [7, 11) is 0. The highest BCUT2D eigenvalue weighted by atomic mass is 16.3. The number of H-pyrrole nitrogens is 1. The third-order valence-corrected chi connectivity index (χ3v) is 4.64. The largest absolute Gasteiger partial charge is 0.391 e. The number of aliphatic hydroxyl groups excluding tert-OH is 1. The van der Waals surface area contributed by atoms with E-state index in [-0.39, 0.29) is 29.7 Å². The molecule has 0 radical (unpaired) electrons. The highest BCUT2D eigenvalue weighted by molar-refractivity contribution is 5.79. The number of nitrogen functional groups attached to an aromatic ring is 1. The molecule has 0 bridgehead atoms. The van der Waals surface area contributed by atoms with E-state index in [1.165, 1.54) is 0 Å². The first kappa shape index (κ1) is 14.3. The molecule has 0 unspecified atom stereocenters. The first-order valence-electron chi connectivity index (χ1n) is 7.44. The summed E-state index contributed by atoms with van der Waals surface area (Å²) < 4.78 is 0. The van der Waals surface area contributed by atoms with Crippen molar-refractivity contribution in [2.75, 3.05) is 18.8 Å². The lowest BCUT2D eigenvalue weighted by atomic mass is 9.94. The van der Waals surface area contributed by atoms with Crippen molar-refractivity contribution in [1.29, 1.82) is 0 Å². The third kappa shape index (κ3) is 2.86. The molecule has 1 saturated carbocycles. The molecule has 3 atom stereocenters. The lowest BCUT2D eigenvalue weighted by molar-refractivity contribution is -0.136. The van der Waals surface area contributed by atoms with Gasteiger partial charge in [0.25, 0.3) is 0 Å². The van der Waals surface area contributed by atoms with Crippen LogP contribution in [0, 0.1) is 5.92 Å². The molecule has 0 aromatic carbocycles. The molecule has 1 aliphatic carbocycles. The molecule has 116 valence electrons. The lowest BCUT2D eigenvalue weighted by Gasteiger charge is -2.32. The number of hydrogen-bond acceptors (Lipinski definition) is 6. The third-order valence-electron chi connectivity index (χ3n) is 4.64. The van der Waals surface area contributed by atoms with Crippen LogP contribution >= 0.6 is 0 Å². The van der Waals surface area contributed by atoms with Crippen LogP contribution in [0.2, 0.25) is 0 Å². The van der Waals surface area contributed by atoms with Gasteiger partial charge in [0.2, 0.25) is 11.9 Å². The molecule has 2 aliphatic rings. The van der Waals surface area contributed by atoms with Gasteiger partial charge in [-0.1, -0.05) is 0 Å². The predicted octanol–water partition coefficient (Wildman–Crippen LogP) is -0.809. The highest BCUT2D eigenvalue weighted by Gasteiger charge is 2.37. The summed E-state index contributed by atoms with van der Waals surface area (Å²) in [4.78, 5) is 18.5. The fraction of sp³-hybridized carbons (Fsp3) is 0.769. The van der Waals surface area contributed by atoms with Gasteiger partial charge in [0.1, 0.15) is 5.82 Å². The van der Waals surface area contributed by atoms with E-state index < -0.39 is 6.10 Å². The minimum absolute atomic E-state index is 0.123. The molecule has 21 heavy (non-hydrogen) atoms. The summed E-state index contributed by atoms with van der Waals surface area (Å²) >= 11 is 0. The Balaban J connectivity index is 1.55. The monoisotopic (exact) mass is 294 g/mol. The maximum absolute atomic E-state index is 12.4. The van der Waals surface area contributed by atoms with Crippen molar-refractivity contribution >= 4 is 11.9 Å². The van der Waals surface area contributed by atoms with Gasteiger partial charge >= 0.3 is 0 Å². The number of piperidine rings is 1. The average molecular weight is 294 g/mol. The number of aromatic amines is 1. The number of amides is 1. The van der Waals surface area contributed by atoms with Gasteiger partial charge < -0.3 is 21.5 Å². The Morgan fingerprint density at radius 3 is 2.57 bits per heavy atom. The fourth-order valence-electron chi connectivity index (χ4n) is 3.35. The zero-order valence-electron chi connectivity index (χ0n) is 11.9. The van der Waals surface area contributed by atoms with Crippen LogP contribution in [-0.2, 0) is 4.79 Å². The summed E-state index contributed by atoms with van der Waals surface area (Å²) in [5, 5.41) is 16.4. The van der Waals surface area contributed by atoms with Crippen LogP contribution in [0.1, 0.15) is 37.4 Å². The number of aromatic nitrogens is 3. The van der Waals surface area contributed by atoms with Gasteiger partial charge in [-0.3, -0.25) is 9.89 Å². The second-order valence-electron chi connectivity index (χ2n) is 6.08. The molecule has 1 aromatic rings. The van der Waals surface area contributed by atoms with Crippen molar-refractivity contribution in [3.8, 4) is 0 Å². The Kier molecular flexibility index (Phi) is 3.81. The van der Waals surface area contributed by atoms with Crippen LogP contribution in [-0.4, -0.2) is 56.3 Å². The van der Waals surface area contributed by atoms with Gasteiger partial charge in [0, 0.05) is 31.0 Å². The van der Waals surface area contributed by atoms with Crippen LogP contribution in [0.15, 0.2) is 0 Å². The SMILES string of the molecule is Nc1n[nH]c(C2CCN(C(=O)[C@H]3C[C@@H](N)[C@H](O)C3)CC2)n1. The minimum Gasteiger partial charge on any atom is -0.391 e. The maximum atomic E-state index is 12.4. The number of anilines is 1. The van der Waals surface area contributed by atoms with Gasteiger partial charge in [0.05, 0.1) is 6.10 Å². The maximum Gasteiger partial charge on any atom is 0.239 e. The van der Waals surface area contributed by atoms with E-state index in [1.807, 2.05) is 4.90 Å². The Hall–Kier alpha value is -1.67. The molecule has 2 heterocycles. The predicted molar refractivity (Wildman–Crippen MR) is 76.1 cm³/mol. The number of likely N-dealkylation sites (tertiary alicyclic amines) is 1. The molecule has 2 fully saturated rings. The molecule has 1 aliphatic heterocycles. The van der Waals surface area contributed by atoms with E-state index in [0.29, 0.717) is 25.9 Å². The van der Waals surface area contributed by atoms with Crippen LogP contribution in [0.3, 0.4) is 0 Å². The first-order chi connectivity index (χ1) is 10.0. The number of hydrogen-bond donors (Lipinski definition) is 4. The van der Waals surface area contributed by atoms with Gasteiger partial charge in [-0.15, -0.1) is 5.10 Å². The molecule has 1 aromatic heterocycles. The van der Waals surface area contributed by atoms with Gasteiger partial charge in [-0.2, -0.15) is 4.98 Å². The van der Waals surface area contributed by atoms with Gasteiger partial charge in [-0.05, 0) is 25.7 Å². The number of carbonyl (C=O) groups excluding carboxylic acids is 1. The second-order valence-corrected chi connectivity index (χ2v) is 6.08. The summed E-state index contributed by atoms with van der Waals surface area (Å²) in [5.74, 6) is 1.33. The highest BCUT2D eigenvalue weighted by Crippen LogP contribution is 2.30. The number of nitrogens with one attached hydrogen (secondary N) is 1. The lowest BCUT2D eigenvalue weighted by Crippen LogP contribution is -2.41. The smallest absolute Gasteiger partial charge is 0.239 e. The van der Waals surface area contributed by atoms with E-state index in [2.05, 4.69) is 15.2 Å². The zero-order chi connectivity index (χ0) is 15.0. The van der Waals surface area contributed by atoms with Crippen LogP contribution in [0.25, 0.3) is 0 Å². The van der Waals surface area contributed by atoms with Crippen molar-refractivity contribution in [1.82, 2.24) is 20.1 Å². The van der Waals surface area contributed by atoms with Crippen LogP contribution in [0.4, 0.5) is 5.95 Å². The molecule has 8 heteroatoms. The average Bonchev–Trinajstić information content (AvgIpc) is 3.05.